The molecule has 0 saturated heterocycles. The van der Waals surface area contributed by atoms with Gasteiger partial charge in [-0.15, -0.1) is 0 Å². The van der Waals surface area contributed by atoms with Crippen molar-refractivity contribution in [2.24, 2.45) is 4.99 Å². The number of hydrogen-bond donors (Lipinski definition) is 0. The zero-order valence-corrected chi connectivity index (χ0v) is 15.8. The van der Waals surface area contributed by atoms with E-state index in [-0.39, 0.29) is 11.5 Å². The Kier molecular flexibility index (Phi) is 5.05. The number of alkyl halides is 3. The first-order valence-corrected chi connectivity index (χ1v) is 9.20. The summed E-state index contributed by atoms with van der Waals surface area (Å²) in [5.74, 6) is -1.63. The summed E-state index contributed by atoms with van der Waals surface area (Å²) < 4.78 is 72.5. The van der Waals surface area contributed by atoms with E-state index in [0.717, 1.165) is 29.8 Å². The van der Waals surface area contributed by atoms with Crippen LogP contribution in [0.2, 0.25) is 0 Å². The van der Waals surface area contributed by atoms with Gasteiger partial charge in [0.1, 0.15) is 29.3 Å². The van der Waals surface area contributed by atoms with E-state index in [9.17, 15) is 22.0 Å². The van der Waals surface area contributed by atoms with Crippen LogP contribution >= 0.6 is 0 Å². The van der Waals surface area contributed by atoms with Crippen LogP contribution in [0.15, 0.2) is 71.7 Å². The van der Waals surface area contributed by atoms with Crippen molar-refractivity contribution in [3.05, 3.63) is 95.1 Å². The first-order valence-electron chi connectivity index (χ1n) is 9.20. The Morgan fingerprint density at radius 3 is 2.10 bits per heavy atom. The first-order chi connectivity index (χ1) is 14.2. The van der Waals surface area contributed by atoms with Crippen LogP contribution in [-0.4, -0.2) is 12.0 Å². The smallest absolute Gasteiger partial charge is 0.416 e. The summed E-state index contributed by atoms with van der Waals surface area (Å²) in [4.78, 5) is 4.35. The van der Waals surface area contributed by atoms with Crippen molar-refractivity contribution < 1.29 is 26.7 Å². The zero-order chi connectivity index (χ0) is 21.5. The fraction of sp³-hybridized carbons (Fsp3) is 0.174. The molecule has 0 N–H and O–H groups in total. The van der Waals surface area contributed by atoms with Crippen LogP contribution in [0.4, 0.5) is 22.0 Å². The third-order valence-electron chi connectivity index (χ3n) is 4.95. The highest BCUT2D eigenvalue weighted by atomic mass is 19.4. The molecular weight excluding hydrogens is 401 g/mol. The van der Waals surface area contributed by atoms with E-state index in [1.807, 2.05) is 0 Å². The van der Waals surface area contributed by atoms with Crippen LogP contribution in [0.5, 0.6) is 0 Å². The van der Waals surface area contributed by atoms with E-state index in [1.165, 1.54) is 12.1 Å². The van der Waals surface area contributed by atoms with Gasteiger partial charge in [0.2, 0.25) is 5.90 Å². The lowest BCUT2D eigenvalue weighted by atomic mass is 9.98. The number of ether oxygens (including phenoxy) is 1. The summed E-state index contributed by atoms with van der Waals surface area (Å²) in [5.41, 5.74) is 0.742. The van der Waals surface area contributed by atoms with Gasteiger partial charge in [0.05, 0.1) is 5.56 Å². The summed E-state index contributed by atoms with van der Waals surface area (Å²) in [6.45, 7) is 1.74. The zero-order valence-electron chi connectivity index (χ0n) is 15.8. The lowest BCUT2D eigenvalue weighted by molar-refractivity contribution is -0.137. The van der Waals surface area contributed by atoms with Crippen LogP contribution in [0.3, 0.4) is 0 Å². The predicted octanol–water partition coefficient (Wildman–Crippen LogP) is 6.56. The molecule has 3 aromatic carbocycles. The fourth-order valence-corrected chi connectivity index (χ4v) is 3.42. The SMILES string of the molecule is C[C@@H]1OC(c2c(F)cccc2F)=N[C@@H]1c1ccc(-c2cccc(C(F)(F)F)c2)cc1. The van der Waals surface area contributed by atoms with Crippen LogP contribution in [0.25, 0.3) is 11.1 Å². The van der Waals surface area contributed by atoms with Gasteiger partial charge in [-0.3, -0.25) is 0 Å². The van der Waals surface area contributed by atoms with Crippen molar-refractivity contribution in [1.82, 2.24) is 0 Å². The van der Waals surface area contributed by atoms with Crippen molar-refractivity contribution in [1.29, 1.82) is 0 Å². The molecule has 2 atom stereocenters. The minimum Gasteiger partial charge on any atom is -0.472 e. The lowest BCUT2D eigenvalue weighted by Gasteiger charge is -2.14. The average molecular weight is 417 g/mol. The van der Waals surface area contributed by atoms with E-state index in [2.05, 4.69) is 4.99 Å². The molecule has 1 aliphatic rings. The Hall–Kier alpha value is -3.22. The molecule has 0 fully saturated rings. The van der Waals surface area contributed by atoms with Crippen molar-refractivity contribution >= 4 is 5.90 Å². The number of rotatable bonds is 3. The second kappa shape index (κ2) is 7.55. The standard InChI is InChI=1S/C23H16F5NO/c1-13-21(29-22(30-13)20-18(24)6-3-7-19(20)25)15-10-8-14(9-11-15)16-4-2-5-17(12-16)23(26,27)28/h2-13,21H,1H3/t13-,21-/m0/s1. The molecule has 1 heterocycles. The maximum Gasteiger partial charge on any atom is 0.416 e. The van der Waals surface area contributed by atoms with E-state index >= 15 is 0 Å². The Balaban J connectivity index is 1.63. The predicted molar refractivity (Wildman–Crippen MR) is 103 cm³/mol. The highest BCUT2D eigenvalue weighted by molar-refractivity contribution is 5.96. The molecule has 154 valence electrons. The Bertz CT molecular complexity index is 1090. The number of hydrogen-bond acceptors (Lipinski definition) is 2. The highest BCUT2D eigenvalue weighted by Crippen LogP contribution is 2.35. The molecule has 0 saturated carbocycles. The quantitative estimate of drug-likeness (QED) is 0.443. The van der Waals surface area contributed by atoms with Crippen LogP contribution in [-0.2, 0) is 10.9 Å². The second-order valence-corrected chi connectivity index (χ2v) is 7.00. The maximum atomic E-state index is 14.0. The van der Waals surface area contributed by atoms with Gasteiger partial charge in [-0.05, 0) is 47.9 Å². The van der Waals surface area contributed by atoms with Crippen molar-refractivity contribution in [2.45, 2.75) is 25.2 Å². The molecule has 0 aromatic heterocycles. The molecule has 4 rings (SSSR count). The molecule has 0 unspecified atom stereocenters. The van der Waals surface area contributed by atoms with Crippen molar-refractivity contribution in [3.8, 4) is 11.1 Å². The van der Waals surface area contributed by atoms with Crippen molar-refractivity contribution in [2.75, 3.05) is 0 Å². The first kappa shape index (κ1) is 20.1. The third-order valence-corrected chi connectivity index (χ3v) is 4.95. The molecule has 1 aliphatic heterocycles. The molecule has 0 aliphatic carbocycles. The molecule has 3 aromatic rings. The number of benzene rings is 3. The summed E-state index contributed by atoms with van der Waals surface area (Å²) >= 11 is 0. The van der Waals surface area contributed by atoms with Gasteiger partial charge in [0.25, 0.3) is 0 Å². The molecule has 0 spiro atoms. The second-order valence-electron chi connectivity index (χ2n) is 7.00. The van der Waals surface area contributed by atoms with Crippen molar-refractivity contribution in [3.63, 3.8) is 0 Å². The maximum absolute atomic E-state index is 14.0. The van der Waals surface area contributed by atoms with Gasteiger partial charge in [0.15, 0.2) is 0 Å². The molecule has 2 nitrogen and oxygen atoms in total. The van der Waals surface area contributed by atoms with Gasteiger partial charge in [-0.1, -0.05) is 42.5 Å². The Morgan fingerprint density at radius 1 is 0.833 bits per heavy atom. The Morgan fingerprint density at radius 2 is 1.47 bits per heavy atom. The van der Waals surface area contributed by atoms with Gasteiger partial charge in [0, 0.05) is 0 Å². The summed E-state index contributed by atoms with van der Waals surface area (Å²) in [7, 11) is 0. The normalized spacial score (nSPS) is 18.8. The molecule has 0 radical (unpaired) electrons. The topological polar surface area (TPSA) is 21.6 Å². The van der Waals surface area contributed by atoms with Crippen LogP contribution in [0, 0.1) is 11.6 Å². The molecule has 7 heteroatoms. The average Bonchev–Trinajstić information content (AvgIpc) is 3.08. The Labute approximate surface area is 169 Å². The molecule has 0 bridgehead atoms. The van der Waals surface area contributed by atoms with E-state index < -0.39 is 35.5 Å². The van der Waals surface area contributed by atoms with Gasteiger partial charge < -0.3 is 4.74 Å². The van der Waals surface area contributed by atoms with E-state index in [0.29, 0.717) is 11.1 Å². The largest absolute Gasteiger partial charge is 0.472 e. The van der Waals surface area contributed by atoms with E-state index in [1.54, 1.807) is 37.3 Å². The van der Waals surface area contributed by atoms with Gasteiger partial charge in [-0.25, -0.2) is 13.8 Å². The fourth-order valence-electron chi connectivity index (χ4n) is 3.42. The third kappa shape index (κ3) is 3.79. The number of halogens is 5. The van der Waals surface area contributed by atoms with E-state index in [4.69, 9.17) is 4.74 Å². The molecule has 0 amide bonds. The summed E-state index contributed by atoms with van der Waals surface area (Å²) in [6.07, 6.45) is -4.88. The summed E-state index contributed by atoms with van der Waals surface area (Å²) in [6, 6.07) is 14.9. The van der Waals surface area contributed by atoms with Crippen LogP contribution in [0.1, 0.15) is 29.7 Å². The lowest BCUT2D eigenvalue weighted by Crippen LogP contribution is -2.14. The number of aliphatic imine (C=N–C) groups is 1. The minimum atomic E-state index is -4.42. The van der Waals surface area contributed by atoms with Gasteiger partial charge >= 0.3 is 6.18 Å². The van der Waals surface area contributed by atoms with Crippen LogP contribution < -0.4 is 0 Å². The molecular formula is C23H16F5NO. The highest BCUT2D eigenvalue weighted by Gasteiger charge is 2.32. The minimum absolute atomic E-state index is 0.106. The molecule has 30 heavy (non-hydrogen) atoms. The monoisotopic (exact) mass is 417 g/mol. The van der Waals surface area contributed by atoms with Gasteiger partial charge in [-0.2, -0.15) is 13.2 Å². The summed E-state index contributed by atoms with van der Waals surface area (Å²) in [5, 5.41) is 0. The number of nitrogens with zero attached hydrogens (tertiary/aromatic N) is 1.